The smallest absolute Gasteiger partial charge is 0.102 e. The summed E-state index contributed by atoms with van der Waals surface area (Å²) in [5, 5.41) is 1.99. The molecule has 2 atom stereocenters. The number of rotatable bonds is 3. The van der Waals surface area contributed by atoms with Crippen molar-refractivity contribution in [2.45, 2.75) is 47.8 Å². The zero-order valence-corrected chi connectivity index (χ0v) is 15.0. The molecular weight excluding hydrogens is 316 g/mol. The molecule has 4 rings (SSSR count). The fourth-order valence-corrected chi connectivity index (χ4v) is 4.60. The first kappa shape index (κ1) is 15.9. The summed E-state index contributed by atoms with van der Waals surface area (Å²) in [6.45, 7) is 2.27. The van der Waals surface area contributed by atoms with E-state index in [0.29, 0.717) is 6.04 Å². The fraction of sp³-hybridized carbons (Fsp3) is 0.474. The van der Waals surface area contributed by atoms with Crippen LogP contribution in [0.15, 0.2) is 52.8 Å². The van der Waals surface area contributed by atoms with Gasteiger partial charge in [0.25, 0.3) is 0 Å². The van der Waals surface area contributed by atoms with Gasteiger partial charge in [0.05, 0.1) is 11.9 Å². The quantitative estimate of drug-likeness (QED) is 0.851. The molecule has 2 bridgehead atoms. The average Bonchev–Trinajstić information content (AvgIpc) is 2.71. The summed E-state index contributed by atoms with van der Waals surface area (Å²) in [6.07, 6.45) is 9.18. The van der Waals surface area contributed by atoms with Crippen molar-refractivity contribution in [3.8, 4) is 0 Å². The third kappa shape index (κ3) is 3.42. The molecule has 0 radical (unpaired) electrons. The Balaban J connectivity index is 1.46. The molecule has 0 saturated carbocycles. The van der Waals surface area contributed by atoms with Gasteiger partial charge in [-0.05, 0) is 50.6 Å². The molecule has 4 nitrogen and oxygen atoms in total. The van der Waals surface area contributed by atoms with Gasteiger partial charge in [0, 0.05) is 31.4 Å². The van der Waals surface area contributed by atoms with E-state index in [1.165, 1.54) is 31.4 Å². The lowest BCUT2D eigenvalue weighted by Gasteiger charge is -2.37. The third-order valence-corrected chi connectivity index (χ3v) is 6.22. The Bertz CT molecular complexity index is 661. The van der Waals surface area contributed by atoms with Gasteiger partial charge >= 0.3 is 0 Å². The van der Waals surface area contributed by atoms with Gasteiger partial charge in [0.1, 0.15) is 10.1 Å². The molecule has 0 aromatic carbocycles. The zero-order valence-electron chi connectivity index (χ0n) is 14.1. The molecule has 2 aliphatic heterocycles. The topological polar surface area (TPSA) is 32.3 Å². The number of hydrogen-bond acceptors (Lipinski definition) is 5. The Morgan fingerprint density at radius 1 is 1.00 bits per heavy atom. The summed E-state index contributed by atoms with van der Waals surface area (Å²) in [5.74, 6) is 0. The summed E-state index contributed by atoms with van der Waals surface area (Å²) >= 11 is 1.61. The molecule has 2 aromatic heterocycles. The number of hydrogen-bond donors (Lipinski definition) is 0. The van der Waals surface area contributed by atoms with E-state index >= 15 is 0 Å². The second kappa shape index (κ2) is 7.11. The first-order chi connectivity index (χ1) is 11.8. The number of likely N-dealkylation sites (N-methyl/N-ethyl adjacent to an activating group) is 1. The number of piperidine rings is 1. The van der Waals surface area contributed by atoms with Crippen molar-refractivity contribution in [2.24, 2.45) is 0 Å². The Kier molecular flexibility index (Phi) is 4.72. The predicted octanol–water partition coefficient (Wildman–Crippen LogP) is 3.69. The highest BCUT2D eigenvalue weighted by Gasteiger charge is 2.32. The minimum absolute atomic E-state index is 0.689. The van der Waals surface area contributed by atoms with Crippen molar-refractivity contribution in [1.82, 2.24) is 14.9 Å². The predicted molar refractivity (Wildman–Crippen MR) is 98.6 cm³/mol. The van der Waals surface area contributed by atoms with Crippen LogP contribution in [0, 0.1) is 0 Å². The normalized spacial score (nSPS) is 24.6. The van der Waals surface area contributed by atoms with Crippen molar-refractivity contribution in [3.63, 3.8) is 0 Å². The van der Waals surface area contributed by atoms with E-state index in [9.17, 15) is 0 Å². The van der Waals surface area contributed by atoms with Crippen molar-refractivity contribution >= 4 is 17.4 Å². The number of fused-ring (bicyclic) bond motifs is 2. The molecule has 2 aromatic rings. The van der Waals surface area contributed by atoms with Gasteiger partial charge in [-0.2, -0.15) is 0 Å². The van der Waals surface area contributed by atoms with Crippen molar-refractivity contribution in [2.75, 3.05) is 25.0 Å². The van der Waals surface area contributed by atoms with Crippen molar-refractivity contribution in [1.29, 1.82) is 0 Å². The highest BCUT2D eigenvalue weighted by Crippen LogP contribution is 2.30. The van der Waals surface area contributed by atoms with Crippen molar-refractivity contribution < 1.29 is 0 Å². The summed E-state index contributed by atoms with van der Waals surface area (Å²) < 4.78 is 0. The summed E-state index contributed by atoms with van der Waals surface area (Å²) in [7, 11) is 2.31. The lowest BCUT2D eigenvalue weighted by atomic mass is 9.96. The van der Waals surface area contributed by atoms with Crippen LogP contribution in [-0.4, -0.2) is 47.1 Å². The largest absolute Gasteiger partial charge is 0.369 e. The molecule has 126 valence electrons. The minimum atomic E-state index is 0.689. The van der Waals surface area contributed by atoms with Gasteiger partial charge in [-0.3, -0.25) is 4.90 Å². The Morgan fingerprint density at radius 2 is 1.88 bits per heavy atom. The van der Waals surface area contributed by atoms with Crippen LogP contribution in [0.1, 0.15) is 25.7 Å². The molecule has 2 saturated heterocycles. The van der Waals surface area contributed by atoms with Gasteiger partial charge in [-0.15, -0.1) is 0 Å². The molecule has 0 spiro atoms. The van der Waals surface area contributed by atoms with E-state index in [1.807, 2.05) is 30.6 Å². The monoisotopic (exact) mass is 340 g/mol. The number of pyridine rings is 2. The Hall–Kier alpha value is -1.59. The third-order valence-electron chi connectivity index (χ3n) is 5.32. The average molecular weight is 340 g/mol. The number of nitrogens with zero attached hydrogens (tertiary/aromatic N) is 4. The van der Waals surface area contributed by atoms with Gasteiger partial charge < -0.3 is 4.90 Å². The van der Waals surface area contributed by atoms with E-state index in [-0.39, 0.29) is 0 Å². The lowest BCUT2D eigenvalue weighted by molar-refractivity contribution is 0.127. The van der Waals surface area contributed by atoms with Gasteiger partial charge in [-0.25, -0.2) is 9.97 Å². The lowest BCUT2D eigenvalue weighted by Crippen LogP contribution is -2.45. The van der Waals surface area contributed by atoms with Crippen molar-refractivity contribution in [3.05, 3.63) is 42.7 Å². The molecular formula is C19H24N4S. The maximum atomic E-state index is 4.65. The fourth-order valence-electron chi connectivity index (χ4n) is 3.88. The second-order valence-electron chi connectivity index (χ2n) is 6.76. The summed E-state index contributed by atoms with van der Waals surface area (Å²) in [5.41, 5.74) is 1.25. The molecule has 2 unspecified atom stereocenters. The van der Waals surface area contributed by atoms with E-state index in [4.69, 9.17) is 0 Å². The molecule has 5 heteroatoms. The maximum Gasteiger partial charge on any atom is 0.102 e. The standard InChI is InChI=1S/C19H24N4S/c1-22-15-5-4-6-17(22)14-23(12-10-15)16-8-9-19(21-13-16)24-18-7-2-3-11-20-18/h2-3,7-9,11,13,15,17H,4-6,10,12,14H2,1H3. The van der Waals surface area contributed by atoms with Crippen LogP contribution >= 0.6 is 11.8 Å². The van der Waals surface area contributed by atoms with E-state index < -0.39 is 0 Å². The molecule has 2 aliphatic rings. The molecule has 4 heterocycles. The van der Waals surface area contributed by atoms with E-state index in [2.05, 4.69) is 38.9 Å². The highest BCUT2D eigenvalue weighted by atomic mass is 32.2. The highest BCUT2D eigenvalue weighted by molar-refractivity contribution is 7.99. The zero-order chi connectivity index (χ0) is 16.4. The van der Waals surface area contributed by atoms with Crippen LogP contribution in [0.3, 0.4) is 0 Å². The molecule has 0 N–H and O–H groups in total. The van der Waals surface area contributed by atoms with Gasteiger partial charge in [0.2, 0.25) is 0 Å². The Labute approximate surface area is 148 Å². The molecule has 0 amide bonds. The van der Waals surface area contributed by atoms with Gasteiger partial charge in [-0.1, -0.05) is 24.2 Å². The summed E-state index contributed by atoms with van der Waals surface area (Å²) in [6, 6.07) is 11.8. The number of aromatic nitrogens is 2. The van der Waals surface area contributed by atoms with Crippen LogP contribution in [0.5, 0.6) is 0 Å². The number of anilines is 1. The van der Waals surface area contributed by atoms with Crippen LogP contribution < -0.4 is 4.90 Å². The first-order valence-electron chi connectivity index (χ1n) is 8.81. The molecule has 2 fully saturated rings. The SMILES string of the molecule is CN1C2CCCC1CN(c1ccc(Sc3ccccn3)nc1)CC2. The minimum Gasteiger partial charge on any atom is -0.369 e. The van der Waals surface area contributed by atoms with Crippen LogP contribution in [-0.2, 0) is 0 Å². The molecule has 0 aliphatic carbocycles. The first-order valence-corrected chi connectivity index (χ1v) is 9.63. The van der Waals surface area contributed by atoms with Crippen LogP contribution in [0.25, 0.3) is 0 Å². The van der Waals surface area contributed by atoms with Gasteiger partial charge in [0.15, 0.2) is 0 Å². The second-order valence-corrected chi connectivity index (χ2v) is 7.80. The van der Waals surface area contributed by atoms with Crippen LogP contribution in [0.2, 0.25) is 0 Å². The summed E-state index contributed by atoms with van der Waals surface area (Å²) in [4.78, 5) is 14.1. The van der Waals surface area contributed by atoms with E-state index in [1.54, 1.807) is 11.8 Å². The van der Waals surface area contributed by atoms with E-state index in [0.717, 1.165) is 29.2 Å². The molecule has 24 heavy (non-hydrogen) atoms. The maximum absolute atomic E-state index is 4.65. The van der Waals surface area contributed by atoms with Crippen LogP contribution in [0.4, 0.5) is 5.69 Å². The Morgan fingerprint density at radius 3 is 2.67 bits per heavy atom.